The van der Waals surface area contributed by atoms with Gasteiger partial charge in [0.05, 0.1) is 5.60 Å². The van der Waals surface area contributed by atoms with Gasteiger partial charge in [0, 0.05) is 51.2 Å². The van der Waals surface area contributed by atoms with E-state index in [0.717, 1.165) is 57.2 Å². The van der Waals surface area contributed by atoms with Crippen LogP contribution in [0.2, 0.25) is 0 Å². The topological polar surface area (TPSA) is 70.3 Å². The van der Waals surface area contributed by atoms with Crippen LogP contribution in [0.25, 0.3) is 5.82 Å². The Hall–Kier alpha value is -1.99. The molecule has 1 N–H and O–H groups in total. The van der Waals surface area contributed by atoms with Gasteiger partial charge in [0.15, 0.2) is 5.82 Å². The Labute approximate surface area is 147 Å². The van der Waals surface area contributed by atoms with Gasteiger partial charge < -0.3 is 10.0 Å². The van der Waals surface area contributed by atoms with E-state index < -0.39 is 5.60 Å². The second kappa shape index (κ2) is 5.78. The lowest BCUT2D eigenvalue weighted by molar-refractivity contribution is -0.0557. The van der Waals surface area contributed by atoms with Crippen LogP contribution in [0.1, 0.15) is 19.3 Å². The number of fused-ring (bicyclic) bond motifs is 1. The van der Waals surface area contributed by atoms with Crippen molar-refractivity contribution in [1.29, 1.82) is 0 Å². The number of rotatable bonds is 4. The van der Waals surface area contributed by atoms with Crippen molar-refractivity contribution >= 4 is 5.82 Å². The summed E-state index contributed by atoms with van der Waals surface area (Å²) in [4.78, 5) is 13.6. The summed E-state index contributed by atoms with van der Waals surface area (Å²) >= 11 is 0. The molecular formula is C18H24N6O. The van der Waals surface area contributed by atoms with Crippen molar-refractivity contribution in [3.8, 4) is 5.82 Å². The molecule has 4 heterocycles. The first-order valence-electron chi connectivity index (χ1n) is 9.20. The molecule has 3 aliphatic rings. The van der Waals surface area contributed by atoms with E-state index in [1.165, 1.54) is 6.42 Å². The van der Waals surface area contributed by atoms with Crippen molar-refractivity contribution < 1.29 is 5.11 Å². The zero-order chi connectivity index (χ0) is 16.9. The summed E-state index contributed by atoms with van der Waals surface area (Å²) in [5, 5.41) is 14.7. The first-order chi connectivity index (χ1) is 12.2. The first kappa shape index (κ1) is 15.3. The van der Waals surface area contributed by atoms with E-state index in [1.54, 1.807) is 17.2 Å². The minimum atomic E-state index is -0.399. The lowest BCUT2D eigenvalue weighted by Crippen LogP contribution is -2.48. The highest BCUT2D eigenvalue weighted by Gasteiger charge is 2.44. The van der Waals surface area contributed by atoms with Gasteiger partial charge in [0.2, 0.25) is 0 Å². The van der Waals surface area contributed by atoms with Gasteiger partial charge in [-0.25, -0.2) is 14.6 Å². The molecule has 0 aromatic carbocycles. The molecular weight excluding hydrogens is 316 g/mol. The summed E-state index contributed by atoms with van der Waals surface area (Å²) in [6.45, 7) is 5.13. The van der Waals surface area contributed by atoms with E-state index >= 15 is 0 Å². The van der Waals surface area contributed by atoms with Crippen molar-refractivity contribution in [1.82, 2.24) is 24.6 Å². The zero-order valence-electron chi connectivity index (χ0n) is 14.3. The molecule has 5 rings (SSSR count). The van der Waals surface area contributed by atoms with E-state index in [1.807, 2.05) is 18.3 Å². The Morgan fingerprint density at radius 1 is 1.08 bits per heavy atom. The molecule has 25 heavy (non-hydrogen) atoms. The SMILES string of the molecule is OC1(CN2CC3CN(c4cc(-n5cccn5)ncn4)CC3C2)CCC1. The molecule has 2 aromatic rings. The van der Waals surface area contributed by atoms with E-state index in [2.05, 4.69) is 24.9 Å². The molecule has 0 amide bonds. The normalized spacial score (nSPS) is 28.1. The van der Waals surface area contributed by atoms with Crippen LogP contribution in [0.4, 0.5) is 5.82 Å². The van der Waals surface area contributed by atoms with Gasteiger partial charge in [-0.1, -0.05) is 0 Å². The van der Waals surface area contributed by atoms with Crippen LogP contribution in [0.15, 0.2) is 30.9 Å². The van der Waals surface area contributed by atoms with E-state index in [4.69, 9.17) is 0 Å². The second-order valence-corrected chi connectivity index (χ2v) is 7.88. The largest absolute Gasteiger partial charge is 0.389 e. The molecule has 132 valence electrons. The third-order valence-electron chi connectivity index (χ3n) is 6.07. The smallest absolute Gasteiger partial charge is 0.158 e. The summed E-state index contributed by atoms with van der Waals surface area (Å²) in [6, 6.07) is 3.91. The maximum Gasteiger partial charge on any atom is 0.158 e. The second-order valence-electron chi connectivity index (χ2n) is 7.88. The quantitative estimate of drug-likeness (QED) is 0.893. The lowest BCUT2D eigenvalue weighted by Gasteiger charge is -2.40. The summed E-state index contributed by atoms with van der Waals surface area (Å²) in [6.07, 6.45) is 8.40. The Morgan fingerprint density at radius 2 is 1.84 bits per heavy atom. The molecule has 0 bridgehead atoms. The molecule has 0 spiro atoms. The van der Waals surface area contributed by atoms with Crippen molar-refractivity contribution in [2.45, 2.75) is 24.9 Å². The minimum Gasteiger partial charge on any atom is -0.389 e. The van der Waals surface area contributed by atoms with Gasteiger partial charge >= 0.3 is 0 Å². The van der Waals surface area contributed by atoms with Gasteiger partial charge in [-0.05, 0) is 37.2 Å². The molecule has 2 atom stereocenters. The Kier molecular flexibility index (Phi) is 3.53. The van der Waals surface area contributed by atoms with E-state index in [9.17, 15) is 5.11 Å². The highest BCUT2D eigenvalue weighted by Crippen LogP contribution is 2.37. The average Bonchev–Trinajstić information content (AvgIpc) is 3.29. The predicted octanol–water partition coefficient (Wildman–Crippen LogP) is 0.945. The van der Waals surface area contributed by atoms with Crippen LogP contribution in [-0.2, 0) is 0 Å². The summed E-state index contributed by atoms with van der Waals surface area (Å²) in [7, 11) is 0. The standard InChI is InChI=1S/C18H24N6O/c25-18(3-1-4-18)12-22-8-14-10-23(11-15(14)9-22)16-7-17(20-13-19-16)24-6-2-5-21-24/h2,5-7,13-15,25H,1,3-4,8-12H2. The molecule has 1 aliphatic carbocycles. The number of likely N-dealkylation sites (tertiary alicyclic amines) is 1. The van der Waals surface area contributed by atoms with Gasteiger partial charge in [-0.15, -0.1) is 0 Å². The molecule has 3 fully saturated rings. The lowest BCUT2D eigenvalue weighted by atomic mass is 9.80. The van der Waals surface area contributed by atoms with Gasteiger partial charge in [0.1, 0.15) is 12.1 Å². The highest BCUT2D eigenvalue weighted by molar-refractivity contribution is 5.44. The number of β-amino-alcohol motifs (C(OH)–C–C–N with tert-alkyl or cyclic N) is 1. The van der Waals surface area contributed by atoms with Crippen molar-refractivity contribution in [2.75, 3.05) is 37.6 Å². The van der Waals surface area contributed by atoms with Gasteiger partial charge in [0.25, 0.3) is 0 Å². The van der Waals surface area contributed by atoms with Crippen LogP contribution < -0.4 is 4.90 Å². The van der Waals surface area contributed by atoms with Crippen LogP contribution in [0.5, 0.6) is 0 Å². The maximum atomic E-state index is 10.4. The molecule has 7 nitrogen and oxygen atoms in total. The zero-order valence-corrected chi connectivity index (χ0v) is 14.3. The number of nitrogens with zero attached hydrogens (tertiary/aromatic N) is 6. The van der Waals surface area contributed by atoms with Crippen molar-refractivity contribution in [2.24, 2.45) is 11.8 Å². The first-order valence-corrected chi connectivity index (χ1v) is 9.20. The minimum absolute atomic E-state index is 0.399. The highest BCUT2D eigenvalue weighted by atomic mass is 16.3. The molecule has 0 radical (unpaired) electrons. The number of hydrogen-bond acceptors (Lipinski definition) is 6. The number of hydrogen-bond donors (Lipinski definition) is 1. The van der Waals surface area contributed by atoms with Crippen LogP contribution in [0, 0.1) is 11.8 Å². The van der Waals surface area contributed by atoms with Crippen LogP contribution in [0.3, 0.4) is 0 Å². The van der Waals surface area contributed by atoms with Crippen LogP contribution in [-0.4, -0.2) is 68.1 Å². The monoisotopic (exact) mass is 340 g/mol. The average molecular weight is 340 g/mol. The third kappa shape index (κ3) is 2.81. The molecule has 2 saturated heterocycles. The van der Waals surface area contributed by atoms with Crippen molar-refractivity contribution in [3.63, 3.8) is 0 Å². The fraction of sp³-hybridized carbons (Fsp3) is 0.611. The fourth-order valence-electron chi connectivity index (χ4n) is 4.61. The Balaban J connectivity index is 1.25. The Morgan fingerprint density at radius 3 is 2.48 bits per heavy atom. The summed E-state index contributed by atoms with van der Waals surface area (Å²) < 4.78 is 1.77. The summed E-state index contributed by atoms with van der Waals surface area (Å²) in [5.74, 6) is 3.14. The Bertz CT molecular complexity index is 730. The van der Waals surface area contributed by atoms with Gasteiger partial charge in [-0.3, -0.25) is 4.90 Å². The van der Waals surface area contributed by atoms with Crippen molar-refractivity contribution in [3.05, 3.63) is 30.9 Å². The number of aliphatic hydroxyl groups is 1. The molecule has 1 saturated carbocycles. The molecule has 2 aromatic heterocycles. The number of aromatic nitrogens is 4. The number of anilines is 1. The van der Waals surface area contributed by atoms with Crippen LogP contribution >= 0.6 is 0 Å². The molecule has 2 unspecified atom stereocenters. The van der Waals surface area contributed by atoms with E-state index in [-0.39, 0.29) is 0 Å². The summed E-state index contributed by atoms with van der Waals surface area (Å²) in [5.41, 5.74) is -0.399. The predicted molar refractivity (Wildman–Crippen MR) is 93.6 cm³/mol. The third-order valence-corrected chi connectivity index (χ3v) is 6.07. The fourth-order valence-corrected chi connectivity index (χ4v) is 4.61. The molecule has 2 aliphatic heterocycles. The molecule has 7 heteroatoms. The van der Waals surface area contributed by atoms with E-state index in [0.29, 0.717) is 11.8 Å². The van der Waals surface area contributed by atoms with Gasteiger partial charge in [-0.2, -0.15) is 5.10 Å². The maximum absolute atomic E-state index is 10.4.